The molecule has 0 saturated heterocycles. The molecule has 2 rings (SSSR count). The van der Waals surface area contributed by atoms with Crippen molar-refractivity contribution in [2.45, 2.75) is 13.5 Å². The van der Waals surface area contributed by atoms with Gasteiger partial charge in [0.25, 0.3) is 0 Å². The molecule has 2 aromatic rings. The number of nitrogens with zero attached hydrogens (tertiary/aromatic N) is 5. The molecule has 1 aromatic heterocycles. The molecule has 1 aromatic carbocycles. The van der Waals surface area contributed by atoms with E-state index in [2.05, 4.69) is 15.5 Å². The van der Waals surface area contributed by atoms with E-state index < -0.39 is 0 Å². The molecule has 0 fully saturated rings. The number of amides is 1. The Morgan fingerprint density at radius 3 is 2.40 bits per heavy atom. The Bertz CT molecular complexity index is 686. The second-order valence-corrected chi connectivity index (χ2v) is 5.41. The van der Waals surface area contributed by atoms with E-state index >= 15 is 0 Å². The van der Waals surface area contributed by atoms with Crippen molar-refractivity contribution in [3.63, 3.8) is 0 Å². The summed E-state index contributed by atoms with van der Waals surface area (Å²) in [5.74, 6) is 1.44. The number of nitrogens with two attached hydrogens (primary N) is 1. The molecular weight excluding hydrogens is 348 g/mol. The van der Waals surface area contributed by atoms with Gasteiger partial charge in [-0.05, 0) is 10.4 Å². The van der Waals surface area contributed by atoms with E-state index in [1.54, 1.807) is 56.0 Å². The number of methoxy groups -OCH3 is 2. The summed E-state index contributed by atoms with van der Waals surface area (Å²) in [7, 11) is 4.83. The summed E-state index contributed by atoms with van der Waals surface area (Å²) in [4.78, 5) is 13.7. The molecule has 138 valence electrons. The van der Waals surface area contributed by atoms with Gasteiger partial charge in [0.1, 0.15) is 11.5 Å². The molecule has 0 spiro atoms. The molecule has 0 bridgehead atoms. The fourth-order valence-electron chi connectivity index (χ4n) is 2.19. The van der Waals surface area contributed by atoms with Gasteiger partial charge in [0.05, 0.1) is 26.5 Å². The molecule has 25 heavy (non-hydrogen) atoms. The van der Waals surface area contributed by atoms with Crippen LogP contribution in [-0.2, 0) is 11.3 Å². The normalized spacial score (nSPS) is 11.4. The van der Waals surface area contributed by atoms with Gasteiger partial charge in [0, 0.05) is 37.7 Å². The lowest BCUT2D eigenvalue weighted by atomic mass is 10.1. The van der Waals surface area contributed by atoms with E-state index in [1.165, 1.54) is 0 Å². The van der Waals surface area contributed by atoms with Crippen molar-refractivity contribution in [1.29, 1.82) is 0 Å². The highest BCUT2D eigenvalue weighted by Gasteiger charge is 2.19. The SMILES string of the molecule is COc1cc(OC)cc(-n2nnnc2CN(C)C(=O)C(C)CN)c1.Cl. The summed E-state index contributed by atoms with van der Waals surface area (Å²) in [6.07, 6.45) is 0. The highest BCUT2D eigenvalue weighted by molar-refractivity contribution is 5.85. The van der Waals surface area contributed by atoms with Crippen LogP contribution in [0.4, 0.5) is 0 Å². The van der Waals surface area contributed by atoms with Gasteiger partial charge in [-0.15, -0.1) is 17.5 Å². The van der Waals surface area contributed by atoms with Gasteiger partial charge < -0.3 is 20.1 Å². The summed E-state index contributed by atoms with van der Waals surface area (Å²) in [6, 6.07) is 5.32. The van der Waals surface area contributed by atoms with Gasteiger partial charge >= 0.3 is 0 Å². The first-order valence-electron chi connectivity index (χ1n) is 7.45. The third-order valence-electron chi connectivity index (χ3n) is 3.64. The van der Waals surface area contributed by atoms with E-state index in [-0.39, 0.29) is 30.8 Å². The number of halogens is 1. The van der Waals surface area contributed by atoms with Gasteiger partial charge in [-0.1, -0.05) is 6.92 Å². The third-order valence-corrected chi connectivity index (χ3v) is 3.64. The maximum atomic E-state index is 12.2. The third kappa shape index (κ3) is 4.80. The molecule has 0 aliphatic heterocycles. The van der Waals surface area contributed by atoms with Gasteiger partial charge in [0.15, 0.2) is 5.82 Å². The number of benzene rings is 1. The fourth-order valence-corrected chi connectivity index (χ4v) is 2.19. The maximum absolute atomic E-state index is 12.2. The number of tetrazole rings is 1. The highest BCUT2D eigenvalue weighted by Crippen LogP contribution is 2.25. The van der Waals surface area contributed by atoms with E-state index in [9.17, 15) is 4.79 Å². The Hall–Kier alpha value is -2.39. The zero-order valence-electron chi connectivity index (χ0n) is 14.7. The summed E-state index contributed by atoms with van der Waals surface area (Å²) in [6.45, 7) is 2.34. The fraction of sp³-hybridized carbons (Fsp3) is 0.467. The minimum Gasteiger partial charge on any atom is -0.497 e. The van der Waals surface area contributed by atoms with Crippen LogP contribution in [-0.4, -0.2) is 58.8 Å². The smallest absolute Gasteiger partial charge is 0.226 e. The molecule has 1 unspecified atom stereocenters. The number of carbonyl (C=O) groups is 1. The summed E-state index contributed by atoms with van der Waals surface area (Å²) in [5, 5.41) is 11.7. The zero-order chi connectivity index (χ0) is 17.7. The number of hydrogen-bond acceptors (Lipinski definition) is 7. The molecule has 9 nitrogen and oxygen atoms in total. The first-order chi connectivity index (χ1) is 11.5. The molecule has 0 aliphatic rings. The highest BCUT2D eigenvalue weighted by atomic mass is 35.5. The van der Waals surface area contributed by atoms with Crippen LogP contribution in [0.25, 0.3) is 5.69 Å². The molecule has 2 N–H and O–H groups in total. The van der Waals surface area contributed by atoms with Crippen LogP contribution in [0, 0.1) is 5.92 Å². The van der Waals surface area contributed by atoms with Crippen LogP contribution >= 0.6 is 12.4 Å². The molecular formula is C15H23ClN6O3. The number of carbonyl (C=O) groups excluding carboxylic acids is 1. The number of rotatable bonds is 7. The molecule has 1 amide bonds. The Labute approximate surface area is 152 Å². The predicted molar refractivity (Wildman–Crippen MR) is 94.2 cm³/mol. The minimum absolute atomic E-state index is 0. The van der Waals surface area contributed by atoms with Crippen molar-refractivity contribution >= 4 is 18.3 Å². The summed E-state index contributed by atoms with van der Waals surface area (Å²) >= 11 is 0. The lowest BCUT2D eigenvalue weighted by Crippen LogP contribution is -2.35. The Morgan fingerprint density at radius 1 is 1.28 bits per heavy atom. The van der Waals surface area contributed by atoms with Gasteiger partial charge in [-0.25, -0.2) is 0 Å². The maximum Gasteiger partial charge on any atom is 0.226 e. The Morgan fingerprint density at radius 2 is 1.88 bits per heavy atom. The van der Waals surface area contributed by atoms with Gasteiger partial charge in [0.2, 0.25) is 5.91 Å². The van der Waals surface area contributed by atoms with Crippen molar-refractivity contribution in [2.24, 2.45) is 11.7 Å². The van der Waals surface area contributed by atoms with Crippen LogP contribution < -0.4 is 15.2 Å². The molecule has 1 heterocycles. The van der Waals surface area contributed by atoms with E-state index in [0.29, 0.717) is 29.6 Å². The summed E-state index contributed by atoms with van der Waals surface area (Å²) in [5.41, 5.74) is 6.23. The summed E-state index contributed by atoms with van der Waals surface area (Å²) < 4.78 is 12.1. The van der Waals surface area contributed by atoms with Crippen LogP contribution in [0.3, 0.4) is 0 Å². The van der Waals surface area contributed by atoms with Crippen molar-refractivity contribution in [2.75, 3.05) is 27.8 Å². The topological polar surface area (TPSA) is 108 Å². The van der Waals surface area contributed by atoms with Crippen LogP contribution in [0.15, 0.2) is 18.2 Å². The molecule has 10 heteroatoms. The average molecular weight is 371 g/mol. The second kappa shape index (κ2) is 9.19. The van der Waals surface area contributed by atoms with Crippen LogP contribution in [0.1, 0.15) is 12.7 Å². The van der Waals surface area contributed by atoms with Crippen molar-refractivity contribution in [1.82, 2.24) is 25.1 Å². The molecule has 0 aliphatic carbocycles. The molecule has 0 radical (unpaired) electrons. The zero-order valence-corrected chi connectivity index (χ0v) is 15.5. The van der Waals surface area contributed by atoms with E-state index in [1.807, 2.05) is 0 Å². The monoisotopic (exact) mass is 370 g/mol. The van der Waals surface area contributed by atoms with Gasteiger partial charge in [-0.2, -0.15) is 4.68 Å². The molecule has 0 saturated carbocycles. The molecule has 1 atom stereocenters. The average Bonchev–Trinajstić information content (AvgIpc) is 3.07. The second-order valence-electron chi connectivity index (χ2n) is 5.41. The van der Waals surface area contributed by atoms with Crippen molar-refractivity contribution < 1.29 is 14.3 Å². The first-order valence-corrected chi connectivity index (χ1v) is 7.45. The standard InChI is InChI=1S/C15H22N6O3.ClH/c1-10(8-16)15(22)20(2)9-14-17-18-19-21(14)11-5-12(23-3)7-13(6-11)24-4;/h5-7,10H,8-9,16H2,1-4H3;1H. The minimum atomic E-state index is -0.253. The Kier molecular flexibility index (Phi) is 7.59. The van der Waals surface area contributed by atoms with Crippen molar-refractivity contribution in [3.05, 3.63) is 24.0 Å². The number of aromatic nitrogens is 4. The first kappa shape index (κ1) is 20.7. The number of ether oxygens (including phenoxy) is 2. The van der Waals surface area contributed by atoms with E-state index in [0.717, 1.165) is 0 Å². The number of hydrogen-bond donors (Lipinski definition) is 1. The Balaban J connectivity index is 0.00000312. The van der Waals surface area contributed by atoms with E-state index in [4.69, 9.17) is 15.2 Å². The quantitative estimate of drug-likeness (QED) is 0.762. The van der Waals surface area contributed by atoms with Crippen molar-refractivity contribution in [3.8, 4) is 17.2 Å². The van der Waals surface area contributed by atoms with Gasteiger partial charge in [-0.3, -0.25) is 4.79 Å². The van der Waals surface area contributed by atoms with Crippen LogP contribution in [0.2, 0.25) is 0 Å². The largest absolute Gasteiger partial charge is 0.497 e. The lowest BCUT2D eigenvalue weighted by Gasteiger charge is -2.20. The predicted octanol–water partition coefficient (Wildman–Crippen LogP) is 0.654. The lowest BCUT2D eigenvalue weighted by molar-refractivity contribution is -0.134. The van der Waals surface area contributed by atoms with Crippen LogP contribution in [0.5, 0.6) is 11.5 Å².